The van der Waals surface area contributed by atoms with E-state index in [2.05, 4.69) is 69.3 Å². The lowest BCUT2D eigenvalue weighted by molar-refractivity contribution is 0.324. The SMILES string of the molecule is CCc1ccc(C(C)(Cc2ccccc2)c2ccc(CC)o2)o1. The van der Waals surface area contributed by atoms with Crippen LogP contribution >= 0.6 is 0 Å². The quantitative estimate of drug-likeness (QED) is 0.597. The average Bonchev–Trinajstić information content (AvgIpc) is 3.25. The highest BCUT2D eigenvalue weighted by atomic mass is 16.4. The molecule has 3 aromatic rings. The Bertz CT molecular complexity index is 707. The van der Waals surface area contributed by atoms with E-state index in [0.29, 0.717) is 0 Å². The number of rotatable bonds is 6. The summed E-state index contributed by atoms with van der Waals surface area (Å²) in [6.45, 7) is 6.43. The second kappa shape index (κ2) is 6.49. The molecule has 0 spiro atoms. The molecule has 0 bridgehead atoms. The van der Waals surface area contributed by atoms with E-state index >= 15 is 0 Å². The minimum absolute atomic E-state index is 0.303. The van der Waals surface area contributed by atoms with Gasteiger partial charge in [0.15, 0.2) is 0 Å². The van der Waals surface area contributed by atoms with E-state index in [1.807, 2.05) is 6.07 Å². The second-order valence-electron chi connectivity index (χ2n) is 6.23. The minimum atomic E-state index is -0.303. The maximum Gasteiger partial charge on any atom is 0.117 e. The number of hydrogen-bond donors (Lipinski definition) is 0. The first kappa shape index (κ1) is 15.7. The molecule has 0 unspecified atom stereocenters. The highest BCUT2D eigenvalue weighted by Crippen LogP contribution is 2.37. The van der Waals surface area contributed by atoms with Gasteiger partial charge in [0.05, 0.1) is 5.41 Å². The molecule has 2 heterocycles. The molecular formula is C21H24O2. The lowest BCUT2D eigenvalue weighted by Gasteiger charge is -2.25. The summed E-state index contributed by atoms with van der Waals surface area (Å²) >= 11 is 0. The van der Waals surface area contributed by atoms with Crippen molar-refractivity contribution in [3.63, 3.8) is 0 Å². The smallest absolute Gasteiger partial charge is 0.117 e. The van der Waals surface area contributed by atoms with Crippen LogP contribution in [0.4, 0.5) is 0 Å². The van der Waals surface area contributed by atoms with Crippen molar-refractivity contribution in [3.05, 3.63) is 83.2 Å². The largest absolute Gasteiger partial charge is 0.465 e. The van der Waals surface area contributed by atoms with Crippen LogP contribution in [-0.4, -0.2) is 0 Å². The van der Waals surface area contributed by atoms with Crippen LogP contribution < -0.4 is 0 Å². The van der Waals surface area contributed by atoms with Crippen molar-refractivity contribution in [2.75, 3.05) is 0 Å². The van der Waals surface area contributed by atoms with Gasteiger partial charge in [-0.25, -0.2) is 0 Å². The van der Waals surface area contributed by atoms with Crippen LogP contribution in [0.25, 0.3) is 0 Å². The van der Waals surface area contributed by atoms with E-state index in [1.165, 1.54) is 5.56 Å². The van der Waals surface area contributed by atoms with E-state index in [9.17, 15) is 0 Å². The molecule has 0 saturated heterocycles. The molecule has 2 aromatic heterocycles. The Morgan fingerprint density at radius 1 is 0.739 bits per heavy atom. The average molecular weight is 308 g/mol. The maximum atomic E-state index is 6.11. The number of hydrogen-bond acceptors (Lipinski definition) is 2. The van der Waals surface area contributed by atoms with Crippen molar-refractivity contribution in [1.82, 2.24) is 0 Å². The van der Waals surface area contributed by atoms with Gasteiger partial charge < -0.3 is 8.83 Å². The van der Waals surface area contributed by atoms with Gasteiger partial charge in [0.1, 0.15) is 23.0 Å². The van der Waals surface area contributed by atoms with Crippen LogP contribution in [0.3, 0.4) is 0 Å². The topological polar surface area (TPSA) is 26.3 Å². The summed E-state index contributed by atoms with van der Waals surface area (Å²) < 4.78 is 12.2. The van der Waals surface area contributed by atoms with Crippen LogP contribution in [0.15, 0.2) is 63.4 Å². The number of aryl methyl sites for hydroxylation is 2. The Hall–Kier alpha value is -2.22. The third-order valence-electron chi connectivity index (χ3n) is 4.51. The Morgan fingerprint density at radius 3 is 1.70 bits per heavy atom. The fourth-order valence-electron chi connectivity index (χ4n) is 3.03. The standard InChI is InChI=1S/C21H24O2/c1-4-17-11-13-19(22-17)21(3,15-16-9-7-6-8-10-16)20-14-12-18(5-2)23-20/h6-14H,4-5,15H2,1-3H3. The molecule has 0 N–H and O–H groups in total. The molecule has 0 aliphatic heterocycles. The zero-order chi connectivity index (χ0) is 16.3. The molecule has 3 rings (SSSR count). The molecule has 0 aliphatic rings. The molecule has 23 heavy (non-hydrogen) atoms. The van der Waals surface area contributed by atoms with E-state index in [1.54, 1.807) is 0 Å². The number of furan rings is 2. The first-order valence-electron chi connectivity index (χ1n) is 8.38. The van der Waals surface area contributed by atoms with Crippen molar-refractivity contribution < 1.29 is 8.83 Å². The molecule has 0 radical (unpaired) electrons. The van der Waals surface area contributed by atoms with Crippen LogP contribution in [0.1, 0.15) is 49.4 Å². The van der Waals surface area contributed by atoms with Gasteiger partial charge in [-0.15, -0.1) is 0 Å². The van der Waals surface area contributed by atoms with Crippen LogP contribution in [-0.2, 0) is 24.7 Å². The van der Waals surface area contributed by atoms with Crippen LogP contribution in [0.5, 0.6) is 0 Å². The van der Waals surface area contributed by atoms with Gasteiger partial charge in [-0.1, -0.05) is 44.2 Å². The van der Waals surface area contributed by atoms with Gasteiger partial charge in [-0.05, 0) is 43.2 Å². The molecular weight excluding hydrogens is 284 g/mol. The zero-order valence-electron chi connectivity index (χ0n) is 14.1. The van der Waals surface area contributed by atoms with E-state index in [0.717, 1.165) is 42.3 Å². The van der Waals surface area contributed by atoms with Gasteiger partial charge in [-0.3, -0.25) is 0 Å². The Morgan fingerprint density at radius 2 is 1.26 bits per heavy atom. The highest BCUT2D eigenvalue weighted by molar-refractivity contribution is 5.33. The van der Waals surface area contributed by atoms with Crippen LogP contribution in [0, 0.1) is 0 Å². The fourth-order valence-corrected chi connectivity index (χ4v) is 3.03. The fraction of sp³-hybridized carbons (Fsp3) is 0.333. The first-order valence-corrected chi connectivity index (χ1v) is 8.38. The van der Waals surface area contributed by atoms with Crippen molar-refractivity contribution in [3.8, 4) is 0 Å². The highest BCUT2D eigenvalue weighted by Gasteiger charge is 2.35. The molecule has 1 aromatic carbocycles. The Kier molecular flexibility index (Phi) is 4.42. The molecule has 2 heteroatoms. The normalized spacial score (nSPS) is 11.8. The maximum absolute atomic E-state index is 6.11. The van der Waals surface area contributed by atoms with Gasteiger partial charge in [0.2, 0.25) is 0 Å². The molecule has 2 nitrogen and oxygen atoms in total. The summed E-state index contributed by atoms with van der Waals surface area (Å²) in [5, 5.41) is 0. The summed E-state index contributed by atoms with van der Waals surface area (Å²) in [5.41, 5.74) is 0.973. The lowest BCUT2D eigenvalue weighted by atomic mass is 9.79. The third kappa shape index (κ3) is 3.12. The minimum Gasteiger partial charge on any atom is -0.465 e. The summed E-state index contributed by atoms with van der Waals surface area (Å²) in [7, 11) is 0. The van der Waals surface area contributed by atoms with Gasteiger partial charge >= 0.3 is 0 Å². The van der Waals surface area contributed by atoms with Crippen molar-refractivity contribution in [1.29, 1.82) is 0 Å². The first-order chi connectivity index (χ1) is 11.2. The lowest BCUT2D eigenvalue weighted by Crippen LogP contribution is -2.25. The Labute approximate surface area is 138 Å². The number of benzene rings is 1. The second-order valence-corrected chi connectivity index (χ2v) is 6.23. The summed E-state index contributed by atoms with van der Waals surface area (Å²) in [6.07, 6.45) is 2.65. The zero-order valence-corrected chi connectivity index (χ0v) is 14.1. The Balaban J connectivity index is 2.04. The van der Waals surface area contributed by atoms with Crippen molar-refractivity contribution >= 4 is 0 Å². The summed E-state index contributed by atoms with van der Waals surface area (Å²) in [5.74, 6) is 3.97. The van der Waals surface area contributed by atoms with E-state index in [4.69, 9.17) is 8.83 Å². The van der Waals surface area contributed by atoms with E-state index < -0.39 is 0 Å². The van der Waals surface area contributed by atoms with E-state index in [-0.39, 0.29) is 5.41 Å². The summed E-state index contributed by atoms with van der Waals surface area (Å²) in [6, 6.07) is 18.8. The predicted octanol–water partition coefficient (Wildman–Crippen LogP) is 5.55. The van der Waals surface area contributed by atoms with Crippen molar-refractivity contribution in [2.45, 2.75) is 45.4 Å². The van der Waals surface area contributed by atoms with Gasteiger partial charge in [0, 0.05) is 12.8 Å². The molecule has 0 atom stereocenters. The molecule has 0 saturated carbocycles. The third-order valence-corrected chi connectivity index (χ3v) is 4.51. The van der Waals surface area contributed by atoms with Gasteiger partial charge in [0.25, 0.3) is 0 Å². The summed E-state index contributed by atoms with van der Waals surface area (Å²) in [4.78, 5) is 0. The molecule has 0 amide bonds. The molecule has 0 fully saturated rings. The van der Waals surface area contributed by atoms with Crippen molar-refractivity contribution in [2.24, 2.45) is 0 Å². The van der Waals surface area contributed by atoms with Crippen LogP contribution in [0.2, 0.25) is 0 Å². The monoisotopic (exact) mass is 308 g/mol. The molecule has 0 aliphatic carbocycles. The molecule has 120 valence electrons. The predicted molar refractivity (Wildman–Crippen MR) is 92.8 cm³/mol. The van der Waals surface area contributed by atoms with Gasteiger partial charge in [-0.2, -0.15) is 0 Å².